The molecule has 16 heavy (non-hydrogen) atoms. The van der Waals surface area contributed by atoms with Gasteiger partial charge >= 0.3 is 0 Å². The van der Waals surface area contributed by atoms with Crippen molar-refractivity contribution >= 4 is 5.82 Å². The number of hydrogen-bond acceptors (Lipinski definition) is 4. The minimum Gasteiger partial charge on any atom is -0.358 e. The monoisotopic (exact) mass is 222 g/mol. The number of likely N-dealkylation sites (N-methyl/N-ethyl adjacent to an activating group) is 1. The van der Waals surface area contributed by atoms with Gasteiger partial charge in [0, 0.05) is 37.9 Å². The summed E-state index contributed by atoms with van der Waals surface area (Å²) in [7, 11) is 2.06. The molecule has 4 heteroatoms. The van der Waals surface area contributed by atoms with Gasteiger partial charge < -0.3 is 10.2 Å². The third-order valence-electron chi connectivity index (χ3n) is 2.34. The number of hydrogen-bond donors (Lipinski definition) is 1. The summed E-state index contributed by atoms with van der Waals surface area (Å²) in [6, 6.07) is 2.55. The lowest BCUT2D eigenvalue weighted by atomic mass is 10.3. The first kappa shape index (κ1) is 12.9. The molecule has 0 amide bonds. The van der Waals surface area contributed by atoms with Crippen LogP contribution in [0.3, 0.4) is 0 Å². The molecule has 0 aromatic carbocycles. The molecule has 0 aliphatic carbocycles. The minimum atomic E-state index is 0.530. The summed E-state index contributed by atoms with van der Waals surface area (Å²) in [6.45, 7) is 10.2. The van der Waals surface area contributed by atoms with Crippen molar-refractivity contribution in [1.29, 1.82) is 0 Å². The lowest BCUT2D eigenvalue weighted by Crippen LogP contribution is -2.33. The predicted molar refractivity (Wildman–Crippen MR) is 67.9 cm³/mol. The first-order valence-electron chi connectivity index (χ1n) is 5.76. The Hall–Kier alpha value is -1.16. The second-order valence-corrected chi connectivity index (χ2v) is 4.45. The van der Waals surface area contributed by atoms with E-state index in [4.69, 9.17) is 0 Å². The Bertz CT molecular complexity index is 316. The van der Waals surface area contributed by atoms with Crippen LogP contribution >= 0.6 is 0 Å². The van der Waals surface area contributed by atoms with Gasteiger partial charge in [-0.2, -0.15) is 0 Å². The molecule has 4 nitrogen and oxygen atoms in total. The number of aryl methyl sites for hydroxylation is 2. The smallest absolute Gasteiger partial charge is 0.132 e. The topological polar surface area (TPSA) is 41.0 Å². The third-order valence-corrected chi connectivity index (χ3v) is 2.34. The highest BCUT2D eigenvalue weighted by Gasteiger charge is 2.04. The van der Waals surface area contributed by atoms with E-state index in [-0.39, 0.29) is 0 Å². The molecule has 1 aromatic rings. The van der Waals surface area contributed by atoms with Gasteiger partial charge in [0.25, 0.3) is 0 Å². The molecule has 0 fully saturated rings. The molecule has 0 atom stereocenters. The van der Waals surface area contributed by atoms with E-state index in [0.717, 1.165) is 30.4 Å². The maximum absolute atomic E-state index is 4.42. The fraction of sp³-hybridized carbons (Fsp3) is 0.667. The van der Waals surface area contributed by atoms with Gasteiger partial charge in [0.15, 0.2) is 0 Å². The molecule has 0 aliphatic rings. The molecule has 1 heterocycles. The summed E-state index contributed by atoms with van der Waals surface area (Å²) >= 11 is 0. The average Bonchev–Trinajstić information content (AvgIpc) is 2.15. The van der Waals surface area contributed by atoms with Crippen molar-refractivity contribution in [3.63, 3.8) is 0 Å². The third kappa shape index (κ3) is 4.14. The largest absolute Gasteiger partial charge is 0.358 e. The SMILES string of the molecule is Cc1cc(N(C)CCNC(C)C)nc(C)n1. The summed E-state index contributed by atoms with van der Waals surface area (Å²) in [5.74, 6) is 1.83. The zero-order valence-corrected chi connectivity index (χ0v) is 10.9. The van der Waals surface area contributed by atoms with Crippen LogP contribution in [0.1, 0.15) is 25.4 Å². The molecule has 90 valence electrons. The number of anilines is 1. The molecule has 0 spiro atoms. The first-order chi connectivity index (χ1) is 7.49. The molecule has 0 unspecified atom stereocenters. The summed E-state index contributed by atoms with van der Waals surface area (Å²) in [5, 5.41) is 3.39. The lowest BCUT2D eigenvalue weighted by molar-refractivity contribution is 0.588. The second kappa shape index (κ2) is 5.80. The Balaban J connectivity index is 2.55. The highest BCUT2D eigenvalue weighted by molar-refractivity contribution is 5.38. The van der Waals surface area contributed by atoms with Gasteiger partial charge in [-0.05, 0) is 13.8 Å². The summed E-state index contributed by atoms with van der Waals surface area (Å²) in [6.07, 6.45) is 0. The van der Waals surface area contributed by atoms with Crippen LogP contribution in [0.25, 0.3) is 0 Å². The molecule has 1 rings (SSSR count). The molecule has 1 N–H and O–H groups in total. The van der Waals surface area contributed by atoms with Crippen molar-refractivity contribution < 1.29 is 0 Å². The highest BCUT2D eigenvalue weighted by atomic mass is 15.2. The molecule has 0 aliphatic heterocycles. The van der Waals surface area contributed by atoms with Crippen molar-refractivity contribution in [3.05, 3.63) is 17.6 Å². The molecular weight excluding hydrogens is 200 g/mol. The van der Waals surface area contributed by atoms with Gasteiger partial charge in [-0.25, -0.2) is 9.97 Å². The van der Waals surface area contributed by atoms with Crippen LogP contribution < -0.4 is 10.2 Å². The van der Waals surface area contributed by atoms with Crippen LogP contribution in [-0.4, -0.2) is 36.1 Å². The van der Waals surface area contributed by atoms with E-state index in [0.29, 0.717) is 6.04 Å². The van der Waals surface area contributed by atoms with Crippen LogP contribution in [0.2, 0.25) is 0 Å². The predicted octanol–water partition coefficient (Wildman–Crippen LogP) is 1.53. The Labute approximate surface area is 98.1 Å². The lowest BCUT2D eigenvalue weighted by Gasteiger charge is -2.19. The van der Waals surface area contributed by atoms with E-state index in [1.165, 1.54) is 0 Å². The molecule has 0 saturated heterocycles. The van der Waals surface area contributed by atoms with Crippen molar-refractivity contribution in [3.8, 4) is 0 Å². The Morgan fingerprint density at radius 1 is 1.31 bits per heavy atom. The average molecular weight is 222 g/mol. The molecule has 1 aromatic heterocycles. The van der Waals surface area contributed by atoms with Crippen molar-refractivity contribution in [2.45, 2.75) is 33.7 Å². The van der Waals surface area contributed by atoms with E-state index in [2.05, 4.69) is 41.1 Å². The van der Waals surface area contributed by atoms with Crippen LogP contribution in [0.5, 0.6) is 0 Å². The fourth-order valence-corrected chi connectivity index (χ4v) is 1.53. The zero-order chi connectivity index (χ0) is 12.1. The van der Waals surface area contributed by atoms with Crippen LogP contribution in [0.4, 0.5) is 5.82 Å². The van der Waals surface area contributed by atoms with Crippen molar-refractivity contribution in [2.24, 2.45) is 0 Å². The standard InChI is InChI=1S/C12H22N4/c1-9(2)13-6-7-16(5)12-8-10(3)14-11(4)15-12/h8-9,13H,6-7H2,1-5H3. The molecule has 0 bridgehead atoms. The van der Waals surface area contributed by atoms with Crippen LogP contribution in [0, 0.1) is 13.8 Å². The van der Waals surface area contributed by atoms with Gasteiger partial charge in [0.2, 0.25) is 0 Å². The Kier molecular flexibility index (Phi) is 4.68. The van der Waals surface area contributed by atoms with Gasteiger partial charge in [-0.3, -0.25) is 0 Å². The quantitative estimate of drug-likeness (QED) is 0.820. The summed E-state index contributed by atoms with van der Waals surface area (Å²) in [5.41, 5.74) is 1.02. The maximum Gasteiger partial charge on any atom is 0.132 e. The van der Waals surface area contributed by atoms with Gasteiger partial charge in [0.1, 0.15) is 11.6 Å². The van der Waals surface area contributed by atoms with Crippen LogP contribution in [0.15, 0.2) is 6.07 Å². The molecular formula is C12H22N4. The van der Waals surface area contributed by atoms with Gasteiger partial charge in [-0.1, -0.05) is 13.8 Å². The Morgan fingerprint density at radius 2 is 2.00 bits per heavy atom. The highest BCUT2D eigenvalue weighted by Crippen LogP contribution is 2.09. The number of rotatable bonds is 5. The van der Waals surface area contributed by atoms with E-state index >= 15 is 0 Å². The van der Waals surface area contributed by atoms with Crippen molar-refractivity contribution in [1.82, 2.24) is 15.3 Å². The van der Waals surface area contributed by atoms with E-state index in [1.54, 1.807) is 0 Å². The second-order valence-electron chi connectivity index (χ2n) is 4.45. The normalized spacial score (nSPS) is 10.9. The first-order valence-corrected chi connectivity index (χ1v) is 5.76. The summed E-state index contributed by atoms with van der Waals surface area (Å²) in [4.78, 5) is 10.8. The summed E-state index contributed by atoms with van der Waals surface area (Å²) < 4.78 is 0. The van der Waals surface area contributed by atoms with Crippen LogP contribution in [-0.2, 0) is 0 Å². The molecule has 0 radical (unpaired) electrons. The fourth-order valence-electron chi connectivity index (χ4n) is 1.53. The number of nitrogens with one attached hydrogen (secondary N) is 1. The van der Waals surface area contributed by atoms with E-state index in [1.807, 2.05) is 19.9 Å². The van der Waals surface area contributed by atoms with Gasteiger partial charge in [-0.15, -0.1) is 0 Å². The zero-order valence-electron chi connectivity index (χ0n) is 10.9. The van der Waals surface area contributed by atoms with E-state index in [9.17, 15) is 0 Å². The minimum absolute atomic E-state index is 0.530. The van der Waals surface area contributed by atoms with Crippen molar-refractivity contribution in [2.75, 3.05) is 25.0 Å². The molecule has 0 saturated carbocycles. The number of nitrogens with zero attached hydrogens (tertiary/aromatic N) is 3. The number of aromatic nitrogens is 2. The maximum atomic E-state index is 4.42. The van der Waals surface area contributed by atoms with E-state index < -0.39 is 0 Å². The Morgan fingerprint density at radius 3 is 2.56 bits per heavy atom. The van der Waals surface area contributed by atoms with Gasteiger partial charge in [0.05, 0.1) is 0 Å².